The molecule has 0 aromatic carbocycles. The molecule has 4 unspecified atom stereocenters. The van der Waals surface area contributed by atoms with E-state index in [4.69, 9.17) is 0 Å². The molecule has 0 saturated carbocycles. The summed E-state index contributed by atoms with van der Waals surface area (Å²) in [5.74, 6) is 0.882. The van der Waals surface area contributed by atoms with E-state index < -0.39 is 0 Å². The Hall–Kier alpha value is -0.120. The predicted octanol–water partition coefficient (Wildman–Crippen LogP) is 2.71. The van der Waals surface area contributed by atoms with Crippen LogP contribution in [0.1, 0.15) is 58.8 Å². The SMILES string of the molecule is CC1CCCCN1CC1CCNCC1N1CCCCC1C. The fraction of sp³-hybridized carbons (Fsp3) is 1.00. The minimum atomic E-state index is 0.781. The van der Waals surface area contributed by atoms with E-state index in [9.17, 15) is 0 Å². The van der Waals surface area contributed by atoms with E-state index in [2.05, 4.69) is 29.0 Å². The topological polar surface area (TPSA) is 18.5 Å². The number of likely N-dealkylation sites (tertiary alicyclic amines) is 2. The molecule has 0 radical (unpaired) electrons. The molecule has 3 fully saturated rings. The highest BCUT2D eigenvalue weighted by Crippen LogP contribution is 2.28. The van der Waals surface area contributed by atoms with Gasteiger partial charge in [-0.05, 0) is 71.5 Å². The number of nitrogens with zero attached hydrogens (tertiary/aromatic N) is 2. The summed E-state index contributed by atoms with van der Waals surface area (Å²) in [5.41, 5.74) is 0. The second-order valence-corrected chi connectivity index (χ2v) is 7.74. The second-order valence-electron chi connectivity index (χ2n) is 7.74. The normalized spacial score (nSPS) is 40.3. The number of hydrogen-bond donors (Lipinski definition) is 1. The van der Waals surface area contributed by atoms with Crippen LogP contribution in [0.3, 0.4) is 0 Å². The first kappa shape index (κ1) is 15.8. The van der Waals surface area contributed by atoms with Gasteiger partial charge >= 0.3 is 0 Å². The lowest BCUT2D eigenvalue weighted by atomic mass is 9.87. The fourth-order valence-corrected chi connectivity index (χ4v) is 4.84. The summed E-state index contributed by atoms with van der Waals surface area (Å²) in [6, 6.07) is 2.39. The Morgan fingerprint density at radius 2 is 1.67 bits per heavy atom. The van der Waals surface area contributed by atoms with Gasteiger partial charge in [-0.3, -0.25) is 4.90 Å². The summed E-state index contributed by atoms with van der Waals surface area (Å²) in [6.45, 7) is 11.4. The van der Waals surface area contributed by atoms with Crippen LogP contribution in [0.5, 0.6) is 0 Å². The Bertz CT molecular complexity index is 320. The zero-order valence-electron chi connectivity index (χ0n) is 14.2. The number of hydrogen-bond acceptors (Lipinski definition) is 3. The molecule has 3 heteroatoms. The van der Waals surface area contributed by atoms with Gasteiger partial charge in [-0.25, -0.2) is 0 Å². The quantitative estimate of drug-likeness (QED) is 0.863. The van der Waals surface area contributed by atoms with Crippen LogP contribution in [0.4, 0.5) is 0 Å². The van der Waals surface area contributed by atoms with Gasteiger partial charge in [-0.15, -0.1) is 0 Å². The molecule has 0 aromatic rings. The summed E-state index contributed by atoms with van der Waals surface area (Å²) < 4.78 is 0. The molecular formula is C18H35N3. The van der Waals surface area contributed by atoms with E-state index in [-0.39, 0.29) is 0 Å². The van der Waals surface area contributed by atoms with Gasteiger partial charge in [0.2, 0.25) is 0 Å². The summed E-state index contributed by atoms with van der Waals surface area (Å²) in [6.07, 6.45) is 9.89. The van der Waals surface area contributed by atoms with Crippen molar-refractivity contribution in [1.82, 2.24) is 15.1 Å². The maximum absolute atomic E-state index is 3.67. The minimum Gasteiger partial charge on any atom is -0.315 e. The van der Waals surface area contributed by atoms with E-state index in [0.29, 0.717) is 0 Å². The number of rotatable bonds is 3. The van der Waals surface area contributed by atoms with Crippen molar-refractivity contribution in [2.24, 2.45) is 5.92 Å². The van der Waals surface area contributed by atoms with Crippen molar-refractivity contribution in [2.75, 3.05) is 32.7 Å². The molecule has 3 heterocycles. The number of piperidine rings is 3. The van der Waals surface area contributed by atoms with Crippen molar-refractivity contribution >= 4 is 0 Å². The van der Waals surface area contributed by atoms with Crippen molar-refractivity contribution in [2.45, 2.75) is 76.9 Å². The molecule has 0 aromatic heterocycles. The first-order valence-electron chi connectivity index (χ1n) is 9.46. The van der Waals surface area contributed by atoms with Crippen LogP contribution in [-0.2, 0) is 0 Å². The lowest BCUT2D eigenvalue weighted by Crippen LogP contribution is -2.58. The Labute approximate surface area is 131 Å². The molecule has 0 aliphatic carbocycles. The average Bonchev–Trinajstić information content (AvgIpc) is 2.51. The lowest BCUT2D eigenvalue weighted by molar-refractivity contribution is 0.0278. The van der Waals surface area contributed by atoms with Crippen LogP contribution < -0.4 is 5.32 Å². The van der Waals surface area contributed by atoms with E-state index in [0.717, 1.165) is 24.0 Å². The molecule has 0 amide bonds. The Kier molecular flexibility index (Phi) is 5.58. The zero-order chi connectivity index (χ0) is 14.7. The number of nitrogens with one attached hydrogen (secondary N) is 1. The molecule has 21 heavy (non-hydrogen) atoms. The summed E-state index contributed by atoms with van der Waals surface area (Å²) in [4.78, 5) is 5.63. The highest BCUT2D eigenvalue weighted by atomic mass is 15.2. The molecular weight excluding hydrogens is 258 g/mol. The van der Waals surface area contributed by atoms with Crippen LogP contribution in [0, 0.1) is 5.92 Å². The third-order valence-corrected chi connectivity index (χ3v) is 6.28. The van der Waals surface area contributed by atoms with Gasteiger partial charge in [0.05, 0.1) is 0 Å². The monoisotopic (exact) mass is 293 g/mol. The van der Waals surface area contributed by atoms with Crippen molar-refractivity contribution in [1.29, 1.82) is 0 Å². The summed E-state index contributed by atoms with van der Waals surface area (Å²) in [5, 5.41) is 3.67. The zero-order valence-corrected chi connectivity index (χ0v) is 14.2. The predicted molar refractivity (Wildman–Crippen MR) is 89.7 cm³/mol. The lowest BCUT2D eigenvalue weighted by Gasteiger charge is -2.47. The Balaban J connectivity index is 1.63. The van der Waals surface area contributed by atoms with Crippen molar-refractivity contribution in [3.8, 4) is 0 Å². The van der Waals surface area contributed by atoms with Crippen LogP contribution >= 0.6 is 0 Å². The van der Waals surface area contributed by atoms with Crippen LogP contribution in [0.2, 0.25) is 0 Å². The summed E-state index contributed by atoms with van der Waals surface area (Å²) >= 11 is 0. The van der Waals surface area contributed by atoms with Crippen molar-refractivity contribution < 1.29 is 0 Å². The smallest absolute Gasteiger partial charge is 0.0264 e. The largest absolute Gasteiger partial charge is 0.315 e. The molecule has 3 nitrogen and oxygen atoms in total. The highest BCUT2D eigenvalue weighted by Gasteiger charge is 2.35. The second kappa shape index (κ2) is 7.43. The Morgan fingerprint density at radius 1 is 0.905 bits per heavy atom. The molecule has 1 N–H and O–H groups in total. The van der Waals surface area contributed by atoms with Gasteiger partial charge in [0.25, 0.3) is 0 Å². The van der Waals surface area contributed by atoms with Crippen molar-refractivity contribution in [3.05, 3.63) is 0 Å². The van der Waals surface area contributed by atoms with Gasteiger partial charge in [0.15, 0.2) is 0 Å². The first-order valence-corrected chi connectivity index (χ1v) is 9.46. The van der Waals surface area contributed by atoms with Gasteiger partial charge in [-0.1, -0.05) is 12.8 Å². The van der Waals surface area contributed by atoms with Crippen LogP contribution in [0.25, 0.3) is 0 Å². The van der Waals surface area contributed by atoms with E-state index in [1.165, 1.54) is 77.7 Å². The van der Waals surface area contributed by atoms with Crippen molar-refractivity contribution in [3.63, 3.8) is 0 Å². The third kappa shape index (κ3) is 3.80. The Morgan fingerprint density at radius 3 is 2.43 bits per heavy atom. The van der Waals surface area contributed by atoms with E-state index in [1.807, 2.05) is 0 Å². The maximum atomic E-state index is 3.67. The van der Waals surface area contributed by atoms with E-state index in [1.54, 1.807) is 0 Å². The first-order chi connectivity index (χ1) is 10.3. The van der Waals surface area contributed by atoms with Gasteiger partial charge in [0, 0.05) is 31.2 Å². The molecule has 122 valence electrons. The highest BCUT2D eigenvalue weighted by molar-refractivity contribution is 4.91. The molecule has 0 bridgehead atoms. The molecule has 3 saturated heterocycles. The van der Waals surface area contributed by atoms with Gasteiger partial charge in [-0.2, -0.15) is 0 Å². The summed E-state index contributed by atoms with van der Waals surface area (Å²) in [7, 11) is 0. The maximum Gasteiger partial charge on any atom is 0.0264 e. The van der Waals surface area contributed by atoms with Crippen LogP contribution in [-0.4, -0.2) is 60.6 Å². The molecule has 4 atom stereocenters. The molecule has 3 aliphatic rings. The standard InChI is InChI=1S/C18H35N3/c1-15-7-3-5-11-20(15)14-17-9-10-19-13-18(17)21-12-6-4-8-16(21)2/h15-19H,3-14H2,1-2H3. The van der Waals surface area contributed by atoms with Gasteiger partial charge in [0.1, 0.15) is 0 Å². The third-order valence-electron chi connectivity index (χ3n) is 6.28. The minimum absolute atomic E-state index is 0.781. The van der Waals surface area contributed by atoms with Gasteiger partial charge < -0.3 is 10.2 Å². The molecule has 0 spiro atoms. The van der Waals surface area contributed by atoms with Crippen LogP contribution in [0.15, 0.2) is 0 Å². The molecule has 3 aliphatic heterocycles. The average molecular weight is 293 g/mol. The molecule has 3 rings (SSSR count). The fourth-order valence-electron chi connectivity index (χ4n) is 4.84. The van der Waals surface area contributed by atoms with E-state index >= 15 is 0 Å².